The summed E-state index contributed by atoms with van der Waals surface area (Å²) >= 11 is 0. The van der Waals surface area contributed by atoms with Gasteiger partial charge in [0.1, 0.15) is 23.9 Å². The molecule has 5 nitrogen and oxygen atoms in total. The predicted molar refractivity (Wildman–Crippen MR) is 68.7 cm³/mol. The number of nitrogens with two attached hydrogens (primary N) is 1. The second-order valence-corrected chi connectivity index (χ2v) is 4.30. The van der Waals surface area contributed by atoms with E-state index < -0.39 is 23.3 Å². The number of aromatic nitrogens is 3. The average Bonchev–Trinajstić information content (AvgIpc) is 2.87. The van der Waals surface area contributed by atoms with Crippen LogP contribution in [0.15, 0.2) is 30.9 Å². The van der Waals surface area contributed by atoms with Gasteiger partial charge in [-0.2, -0.15) is 0 Å². The molecule has 2 heterocycles. The number of nitrogens with one attached hydrogen (secondary N) is 1. The number of rotatable bonds is 2. The fourth-order valence-electron chi connectivity index (χ4n) is 2.10. The molecule has 1 atom stereocenters. The zero-order valence-corrected chi connectivity index (χ0v) is 10.1. The maximum Gasteiger partial charge on any atom is 0.155 e. The first-order valence-corrected chi connectivity index (χ1v) is 5.78. The minimum absolute atomic E-state index is 0.225. The molecule has 102 valence electrons. The Morgan fingerprint density at radius 3 is 2.90 bits per heavy atom. The normalized spacial score (nSPS) is 12.8. The van der Waals surface area contributed by atoms with Crippen molar-refractivity contribution in [3.8, 4) is 0 Å². The molecule has 0 bridgehead atoms. The van der Waals surface area contributed by atoms with Crippen molar-refractivity contribution in [3.05, 3.63) is 53.6 Å². The van der Waals surface area contributed by atoms with Crippen LogP contribution in [0.2, 0.25) is 0 Å². The van der Waals surface area contributed by atoms with Crippen molar-refractivity contribution in [2.24, 2.45) is 0 Å². The highest BCUT2D eigenvalue weighted by atomic mass is 19.1. The summed E-state index contributed by atoms with van der Waals surface area (Å²) in [6, 6.07) is 2.13. The largest absolute Gasteiger partial charge is 0.396 e. The van der Waals surface area contributed by atoms with E-state index in [4.69, 9.17) is 5.73 Å². The molecule has 1 unspecified atom stereocenters. The maximum atomic E-state index is 13.9. The lowest BCUT2D eigenvalue weighted by Crippen LogP contribution is -2.07. The van der Waals surface area contributed by atoms with Crippen LogP contribution >= 0.6 is 0 Å². The van der Waals surface area contributed by atoms with E-state index in [0.717, 1.165) is 12.1 Å². The Morgan fingerprint density at radius 1 is 1.30 bits per heavy atom. The SMILES string of the molecule is Nc1ccc(F)c(C(O)c2c[nH]c3ncncc23)c1F. The highest BCUT2D eigenvalue weighted by Crippen LogP contribution is 2.32. The smallest absolute Gasteiger partial charge is 0.155 e. The van der Waals surface area contributed by atoms with E-state index in [1.54, 1.807) is 0 Å². The Morgan fingerprint density at radius 2 is 2.10 bits per heavy atom. The second-order valence-electron chi connectivity index (χ2n) is 4.30. The van der Waals surface area contributed by atoms with Gasteiger partial charge in [-0.15, -0.1) is 0 Å². The Balaban J connectivity index is 2.18. The molecular formula is C13H10F2N4O. The van der Waals surface area contributed by atoms with Gasteiger partial charge in [0.2, 0.25) is 0 Å². The molecule has 0 aliphatic carbocycles. The Hall–Kier alpha value is -2.54. The summed E-state index contributed by atoms with van der Waals surface area (Å²) in [5.74, 6) is -1.83. The topological polar surface area (TPSA) is 87.8 Å². The van der Waals surface area contributed by atoms with Crippen LogP contribution in [0.4, 0.5) is 14.5 Å². The van der Waals surface area contributed by atoms with Gasteiger partial charge in [-0.3, -0.25) is 0 Å². The predicted octanol–water partition coefficient (Wildman–Crippen LogP) is 1.90. The minimum atomic E-state index is -1.50. The first kappa shape index (κ1) is 12.5. The van der Waals surface area contributed by atoms with Crippen LogP contribution in [0.25, 0.3) is 11.0 Å². The minimum Gasteiger partial charge on any atom is -0.396 e. The summed E-state index contributed by atoms with van der Waals surface area (Å²) in [7, 11) is 0. The van der Waals surface area contributed by atoms with E-state index in [1.807, 2.05) is 0 Å². The average molecular weight is 276 g/mol. The number of nitrogens with zero attached hydrogens (tertiary/aromatic N) is 2. The summed E-state index contributed by atoms with van der Waals surface area (Å²) < 4.78 is 27.7. The number of aromatic amines is 1. The lowest BCUT2D eigenvalue weighted by Gasteiger charge is -2.13. The fraction of sp³-hybridized carbons (Fsp3) is 0.0769. The molecule has 3 aromatic rings. The van der Waals surface area contributed by atoms with E-state index in [1.165, 1.54) is 18.7 Å². The Kier molecular flexibility index (Phi) is 2.83. The van der Waals surface area contributed by atoms with Crippen molar-refractivity contribution < 1.29 is 13.9 Å². The molecule has 0 saturated carbocycles. The summed E-state index contributed by atoms with van der Waals surface area (Å²) in [6.07, 6.45) is 2.72. The van der Waals surface area contributed by atoms with Crippen LogP contribution in [0.5, 0.6) is 0 Å². The molecule has 0 radical (unpaired) electrons. The number of fused-ring (bicyclic) bond motifs is 1. The molecule has 0 spiro atoms. The van der Waals surface area contributed by atoms with Gasteiger partial charge in [-0.1, -0.05) is 0 Å². The van der Waals surface area contributed by atoms with Crippen molar-refractivity contribution in [1.29, 1.82) is 0 Å². The molecule has 0 aliphatic heterocycles. The fourth-order valence-corrected chi connectivity index (χ4v) is 2.10. The third kappa shape index (κ3) is 1.79. The van der Waals surface area contributed by atoms with Crippen LogP contribution in [0.1, 0.15) is 17.2 Å². The van der Waals surface area contributed by atoms with Gasteiger partial charge >= 0.3 is 0 Å². The molecule has 0 fully saturated rings. The molecule has 4 N–H and O–H groups in total. The molecule has 0 amide bonds. The molecule has 2 aromatic heterocycles. The maximum absolute atomic E-state index is 13.9. The van der Waals surface area contributed by atoms with E-state index in [0.29, 0.717) is 11.0 Å². The third-order valence-corrected chi connectivity index (χ3v) is 3.11. The number of nitrogen functional groups attached to an aromatic ring is 1. The Bertz CT molecular complexity index is 787. The lowest BCUT2D eigenvalue weighted by atomic mass is 10.0. The number of aliphatic hydroxyl groups is 1. The van der Waals surface area contributed by atoms with Crippen molar-refractivity contribution in [2.75, 3.05) is 5.73 Å². The first-order valence-electron chi connectivity index (χ1n) is 5.78. The summed E-state index contributed by atoms with van der Waals surface area (Å²) in [5.41, 5.74) is 5.44. The summed E-state index contributed by atoms with van der Waals surface area (Å²) in [6.45, 7) is 0. The zero-order valence-electron chi connectivity index (χ0n) is 10.1. The Labute approximate surface area is 112 Å². The number of anilines is 1. The van der Waals surface area contributed by atoms with Gasteiger partial charge in [0.15, 0.2) is 5.82 Å². The highest BCUT2D eigenvalue weighted by Gasteiger charge is 2.24. The van der Waals surface area contributed by atoms with Crippen molar-refractivity contribution in [2.45, 2.75) is 6.10 Å². The number of benzene rings is 1. The first-order chi connectivity index (χ1) is 9.59. The van der Waals surface area contributed by atoms with Gasteiger partial charge in [-0.25, -0.2) is 18.7 Å². The van der Waals surface area contributed by atoms with Gasteiger partial charge in [0.05, 0.1) is 11.3 Å². The molecule has 0 aliphatic rings. The summed E-state index contributed by atoms with van der Waals surface area (Å²) in [5, 5.41) is 10.7. The number of halogens is 2. The van der Waals surface area contributed by atoms with Gasteiger partial charge in [-0.05, 0) is 12.1 Å². The summed E-state index contributed by atoms with van der Waals surface area (Å²) in [4.78, 5) is 10.6. The monoisotopic (exact) mass is 276 g/mol. The van der Waals surface area contributed by atoms with Gasteiger partial charge in [0.25, 0.3) is 0 Å². The van der Waals surface area contributed by atoms with E-state index in [-0.39, 0.29) is 11.3 Å². The van der Waals surface area contributed by atoms with Crippen LogP contribution in [0, 0.1) is 11.6 Å². The zero-order chi connectivity index (χ0) is 14.3. The number of hydrogen-bond acceptors (Lipinski definition) is 4. The molecule has 7 heteroatoms. The second kappa shape index (κ2) is 4.53. The molecule has 1 aromatic carbocycles. The highest BCUT2D eigenvalue weighted by molar-refractivity contribution is 5.79. The van der Waals surface area contributed by atoms with Gasteiger partial charge < -0.3 is 15.8 Å². The van der Waals surface area contributed by atoms with Crippen molar-refractivity contribution >= 4 is 16.7 Å². The van der Waals surface area contributed by atoms with Crippen LogP contribution < -0.4 is 5.73 Å². The third-order valence-electron chi connectivity index (χ3n) is 3.11. The lowest BCUT2D eigenvalue weighted by molar-refractivity contribution is 0.211. The van der Waals surface area contributed by atoms with Crippen LogP contribution in [0.3, 0.4) is 0 Å². The number of H-pyrrole nitrogens is 1. The molecular weight excluding hydrogens is 266 g/mol. The van der Waals surface area contributed by atoms with Crippen molar-refractivity contribution in [1.82, 2.24) is 15.0 Å². The van der Waals surface area contributed by atoms with E-state index in [2.05, 4.69) is 15.0 Å². The number of hydrogen-bond donors (Lipinski definition) is 3. The van der Waals surface area contributed by atoms with Gasteiger partial charge in [0, 0.05) is 23.3 Å². The standard InChI is InChI=1S/C13H10F2N4O/c14-8-1-2-9(16)11(15)10(8)12(20)6-4-18-13-7(6)3-17-5-19-13/h1-5,12,20H,16H2,(H,17,18,19). The van der Waals surface area contributed by atoms with Crippen LogP contribution in [-0.4, -0.2) is 20.1 Å². The van der Waals surface area contributed by atoms with E-state index in [9.17, 15) is 13.9 Å². The molecule has 3 rings (SSSR count). The quantitative estimate of drug-likeness (QED) is 0.624. The number of aliphatic hydroxyl groups excluding tert-OH is 1. The molecule has 20 heavy (non-hydrogen) atoms. The van der Waals surface area contributed by atoms with E-state index >= 15 is 0 Å². The molecule has 0 saturated heterocycles. The van der Waals surface area contributed by atoms with Crippen LogP contribution in [-0.2, 0) is 0 Å². The van der Waals surface area contributed by atoms with Crippen molar-refractivity contribution in [3.63, 3.8) is 0 Å².